The zero-order valence-electron chi connectivity index (χ0n) is 18.8. The van der Waals surface area contributed by atoms with Gasteiger partial charge in [0, 0.05) is 12.1 Å². The van der Waals surface area contributed by atoms with Gasteiger partial charge in [-0.15, -0.1) is 0 Å². The summed E-state index contributed by atoms with van der Waals surface area (Å²) in [4.78, 5) is 11.9. The molecule has 5 nitrogen and oxygen atoms in total. The highest BCUT2D eigenvalue weighted by atomic mass is 16.5. The summed E-state index contributed by atoms with van der Waals surface area (Å²) in [6.07, 6.45) is 20.6. The maximum absolute atomic E-state index is 11.9. The molecule has 1 aromatic carbocycles. The number of benzene rings is 1. The lowest BCUT2D eigenvalue weighted by atomic mass is 10.0. The summed E-state index contributed by atoms with van der Waals surface area (Å²) >= 11 is 0. The lowest BCUT2D eigenvalue weighted by Crippen LogP contribution is -2.06. The molecule has 30 heavy (non-hydrogen) atoms. The Morgan fingerprint density at radius 1 is 0.633 bits per heavy atom. The van der Waals surface area contributed by atoms with Gasteiger partial charge in [0.1, 0.15) is 11.3 Å². The van der Waals surface area contributed by atoms with E-state index in [2.05, 4.69) is 6.92 Å². The van der Waals surface area contributed by atoms with Crippen LogP contribution in [0.4, 0.5) is 0 Å². The number of aromatic hydroxyl groups is 3. The molecule has 0 spiro atoms. The predicted molar refractivity (Wildman–Crippen MR) is 121 cm³/mol. The Labute approximate surface area is 182 Å². The number of ether oxygens (including phenoxy) is 1. The maximum Gasteiger partial charge on any atom is 0.342 e. The molecule has 0 saturated heterocycles. The lowest BCUT2D eigenvalue weighted by molar-refractivity contribution is 0.0494. The number of phenolic OH excluding ortho intramolecular Hbond substituents is 3. The summed E-state index contributed by atoms with van der Waals surface area (Å²) in [5, 5.41) is 28.4. The van der Waals surface area contributed by atoms with Crippen LogP contribution >= 0.6 is 0 Å². The molecule has 0 heterocycles. The van der Waals surface area contributed by atoms with Crippen molar-refractivity contribution in [3.05, 3.63) is 17.7 Å². The lowest BCUT2D eigenvalue weighted by Gasteiger charge is -2.08. The summed E-state index contributed by atoms with van der Waals surface area (Å²) < 4.78 is 5.13. The summed E-state index contributed by atoms with van der Waals surface area (Å²) in [6.45, 7) is 2.55. The Balaban J connectivity index is 1.89. The third-order valence-electron chi connectivity index (χ3n) is 5.54. The van der Waals surface area contributed by atoms with Crippen LogP contribution in [0.5, 0.6) is 17.2 Å². The zero-order chi connectivity index (χ0) is 22.0. The molecule has 1 rings (SSSR count). The quantitative estimate of drug-likeness (QED) is 0.101. The molecule has 5 heteroatoms. The van der Waals surface area contributed by atoms with Gasteiger partial charge in [-0.3, -0.25) is 0 Å². The van der Waals surface area contributed by atoms with Crippen molar-refractivity contribution in [2.75, 3.05) is 6.61 Å². The van der Waals surface area contributed by atoms with Crippen LogP contribution in [0, 0.1) is 0 Å². The smallest absolute Gasteiger partial charge is 0.342 e. The van der Waals surface area contributed by atoms with Crippen LogP contribution in [0.2, 0.25) is 0 Å². The number of carbonyl (C=O) groups excluding carboxylic acids is 1. The van der Waals surface area contributed by atoms with Gasteiger partial charge in [0.15, 0.2) is 11.5 Å². The van der Waals surface area contributed by atoms with E-state index in [1.807, 2.05) is 0 Å². The molecule has 0 unspecified atom stereocenters. The molecule has 0 fully saturated rings. The van der Waals surface area contributed by atoms with E-state index in [9.17, 15) is 20.1 Å². The second kappa shape index (κ2) is 16.8. The number of hydrogen-bond donors (Lipinski definition) is 3. The molecule has 0 aliphatic carbocycles. The van der Waals surface area contributed by atoms with Crippen molar-refractivity contribution < 1.29 is 24.9 Å². The van der Waals surface area contributed by atoms with Crippen molar-refractivity contribution in [1.82, 2.24) is 0 Å². The van der Waals surface area contributed by atoms with Gasteiger partial charge >= 0.3 is 5.97 Å². The number of carbonyl (C=O) groups is 1. The molecular weight excluding hydrogens is 380 g/mol. The number of unbranched alkanes of at least 4 members (excludes halogenated alkanes) is 15. The Kier molecular flexibility index (Phi) is 14.7. The van der Waals surface area contributed by atoms with E-state index in [0.717, 1.165) is 31.4 Å². The van der Waals surface area contributed by atoms with Gasteiger partial charge < -0.3 is 20.1 Å². The molecular formula is C25H42O5. The van der Waals surface area contributed by atoms with Crippen LogP contribution in [0.25, 0.3) is 0 Å². The van der Waals surface area contributed by atoms with Crippen molar-refractivity contribution >= 4 is 5.97 Å². The van der Waals surface area contributed by atoms with Crippen LogP contribution in [0.15, 0.2) is 12.1 Å². The first-order valence-electron chi connectivity index (χ1n) is 12.0. The fourth-order valence-corrected chi connectivity index (χ4v) is 3.62. The van der Waals surface area contributed by atoms with Crippen LogP contribution < -0.4 is 0 Å². The standard InChI is InChI=1S/C25H42O5/c1-2-3-4-5-6-7-8-9-10-11-12-13-14-15-16-17-18-30-25(29)21-19-23(27)24(28)20-22(21)26/h19-20,26-28H,2-18H2,1H3. The minimum atomic E-state index is -0.691. The van der Waals surface area contributed by atoms with Crippen molar-refractivity contribution in [3.8, 4) is 17.2 Å². The highest BCUT2D eigenvalue weighted by Crippen LogP contribution is 2.32. The van der Waals surface area contributed by atoms with Crippen molar-refractivity contribution in [1.29, 1.82) is 0 Å². The first kappa shape index (κ1) is 26.1. The van der Waals surface area contributed by atoms with E-state index in [4.69, 9.17) is 4.74 Å². The molecule has 1 aromatic rings. The first-order chi connectivity index (χ1) is 14.6. The second-order valence-corrected chi connectivity index (χ2v) is 8.30. The summed E-state index contributed by atoms with van der Waals surface area (Å²) in [5.41, 5.74) is -0.137. The minimum absolute atomic E-state index is 0.137. The Hall–Kier alpha value is -1.91. The SMILES string of the molecule is CCCCCCCCCCCCCCCCCCOC(=O)c1cc(O)c(O)cc1O. The van der Waals surface area contributed by atoms with E-state index in [-0.39, 0.29) is 5.56 Å². The molecule has 0 radical (unpaired) electrons. The Morgan fingerprint density at radius 2 is 1.03 bits per heavy atom. The molecule has 0 aliphatic heterocycles. The van der Waals surface area contributed by atoms with E-state index in [0.29, 0.717) is 6.61 Å². The van der Waals surface area contributed by atoms with Crippen molar-refractivity contribution in [2.45, 2.75) is 110 Å². The molecule has 0 aliphatic rings. The Morgan fingerprint density at radius 3 is 1.50 bits per heavy atom. The Bertz CT molecular complexity index is 585. The molecule has 0 bridgehead atoms. The first-order valence-corrected chi connectivity index (χ1v) is 12.0. The fourth-order valence-electron chi connectivity index (χ4n) is 3.62. The molecule has 172 valence electrons. The normalized spacial score (nSPS) is 11.0. The fraction of sp³-hybridized carbons (Fsp3) is 0.720. The second-order valence-electron chi connectivity index (χ2n) is 8.30. The number of hydrogen-bond acceptors (Lipinski definition) is 5. The van der Waals surface area contributed by atoms with Gasteiger partial charge in [-0.1, -0.05) is 103 Å². The summed E-state index contributed by atoms with van der Waals surface area (Å²) in [6, 6.07) is 1.95. The molecule has 3 N–H and O–H groups in total. The van der Waals surface area contributed by atoms with Crippen LogP contribution in [0.1, 0.15) is 120 Å². The van der Waals surface area contributed by atoms with Gasteiger partial charge in [-0.2, -0.15) is 0 Å². The third kappa shape index (κ3) is 11.9. The summed E-state index contributed by atoms with van der Waals surface area (Å²) in [7, 11) is 0. The van der Waals surface area contributed by atoms with Gasteiger partial charge in [0.05, 0.1) is 6.61 Å². The van der Waals surface area contributed by atoms with Crippen LogP contribution in [0.3, 0.4) is 0 Å². The average Bonchev–Trinajstić information content (AvgIpc) is 2.72. The third-order valence-corrected chi connectivity index (χ3v) is 5.54. The average molecular weight is 423 g/mol. The van der Waals surface area contributed by atoms with Crippen molar-refractivity contribution in [2.24, 2.45) is 0 Å². The predicted octanol–water partition coefficient (Wildman–Crippen LogP) is 7.22. The van der Waals surface area contributed by atoms with E-state index >= 15 is 0 Å². The largest absolute Gasteiger partial charge is 0.507 e. The minimum Gasteiger partial charge on any atom is -0.507 e. The monoisotopic (exact) mass is 422 g/mol. The van der Waals surface area contributed by atoms with Gasteiger partial charge in [0.25, 0.3) is 0 Å². The van der Waals surface area contributed by atoms with E-state index < -0.39 is 23.2 Å². The van der Waals surface area contributed by atoms with Crippen LogP contribution in [-0.2, 0) is 4.74 Å². The summed E-state index contributed by atoms with van der Waals surface area (Å²) in [5.74, 6) is -2.02. The van der Waals surface area contributed by atoms with Crippen LogP contribution in [-0.4, -0.2) is 27.9 Å². The number of esters is 1. The van der Waals surface area contributed by atoms with Crippen molar-refractivity contribution in [3.63, 3.8) is 0 Å². The molecule has 0 amide bonds. The van der Waals surface area contributed by atoms with Gasteiger partial charge in [-0.25, -0.2) is 4.79 Å². The highest BCUT2D eigenvalue weighted by molar-refractivity contribution is 5.93. The number of phenols is 3. The maximum atomic E-state index is 11.9. The topological polar surface area (TPSA) is 87.0 Å². The number of rotatable bonds is 18. The zero-order valence-corrected chi connectivity index (χ0v) is 18.8. The van der Waals surface area contributed by atoms with E-state index in [1.165, 1.54) is 83.5 Å². The molecule has 0 atom stereocenters. The molecule has 0 saturated carbocycles. The molecule has 0 aromatic heterocycles. The van der Waals surface area contributed by atoms with E-state index in [1.54, 1.807) is 0 Å². The van der Waals surface area contributed by atoms with Gasteiger partial charge in [0.2, 0.25) is 0 Å². The van der Waals surface area contributed by atoms with Gasteiger partial charge in [-0.05, 0) is 6.42 Å². The highest BCUT2D eigenvalue weighted by Gasteiger charge is 2.16.